The van der Waals surface area contributed by atoms with Crippen molar-refractivity contribution in [3.8, 4) is 5.75 Å². The number of hydrogen-bond acceptors (Lipinski definition) is 3. The van der Waals surface area contributed by atoms with Gasteiger partial charge in [0.05, 0.1) is 38.6 Å². The molecule has 0 saturated carbocycles. The van der Waals surface area contributed by atoms with Crippen molar-refractivity contribution >= 4 is 37.9 Å². The van der Waals surface area contributed by atoms with Crippen LogP contribution in [0.2, 0.25) is 0 Å². The second kappa shape index (κ2) is 5.31. The number of aryl methyl sites for hydroxylation is 1. The van der Waals surface area contributed by atoms with Crippen LogP contribution in [0.5, 0.6) is 5.75 Å². The van der Waals surface area contributed by atoms with E-state index < -0.39 is 5.82 Å². The lowest BCUT2D eigenvalue weighted by atomic mass is 10.0. The van der Waals surface area contributed by atoms with Gasteiger partial charge in [0.2, 0.25) is 0 Å². The molecule has 1 aliphatic rings. The normalized spacial score (nSPS) is 17.0. The third-order valence-corrected chi connectivity index (χ3v) is 5.32. The second-order valence-electron chi connectivity index (χ2n) is 6.69. The maximum absolute atomic E-state index is 14.2. The Bertz CT molecular complexity index is 1040. The summed E-state index contributed by atoms with van der Waals surface area (Å²) >= 11 is 3.29. The van der Waals surface area contributed by atoms with Crippen LogP contribution in [0.4, 0.5) is 4.39 Å². The quantitative estimate of drug-likeness (QED) is 0.665. The Kier molecular flexibility index (Phi) is 3.46. The fourth-order valence-electron chi connectivity index (χ4n) is 3.54. The van der Waals surface area contributed by atoms with Crippen molar-refractivity contribution in [1.29, 1.82) is 0 Å². The van der Waals surface area contributed by atoms with E-state index in [1.54, 1.807) is 22.4 Å². The molecule has 2 aromatic heterocycles. The molecule has 126 valence electrons. The van der Waals surface area contributed by atoms with Crippen LogP contribution in [0, 0.1) is 11.7 Å². The highest BCUT2D eigenvalue weighted by atomic mass is 79.9. The predicted molar refractivity (Wildman–Crippen MR) is 94.1 cm³/mol. The molecule has 1 aromatic carbocycles. The zero-order valence-electron chi connectivity index (χ0n) is 13.6. The van der Waals surface area contributed by atoms with Gasteiger partial charge in [0.1, 0.15) is 18.2 Å². The number of aromatic nitrogens is 3. The third kappa shape index (κ3) is 2.03. The van der Waals surface area contributed by atoms with Gasteiger partial charge in [0.25, 0.3) is 0 Å². The molecule has 0 bridgehead atoms. The maximum Gasteiger partial charge on any atom is 0.329 e. The van der Waals surface area contributed by atoms with Crippen molar-refractivity contribution in [2.45, 2.75) is 26.3 Å². The number of hydrogen-bond donors (Lipinski definition) is 0. The van der Waals surface area contributed by atoms with E-state index in [-0.39, 0.29) is 16.2 Å². The fourth-order valence-corrected chi connectivity index (χ4v) is 3.96. The number of rotatable bonds is 2. The molecular weight excluding hydrogens is 377 g/mol. The monoisotopic (exact) mass is 393 g/mol. The van der Waals surface area contributed by atoms with Crippen molar-refractivity contribution in [1.82, 2.24) is 14.1 Å². The molecule has 4 rings (SSSR count). The molecule has 7 heteroatoms. The van der Waals surface area contributed by atoms with Crippen LogP contribution < -0.4 is 10.4 Å². The van der Waals surface area contributed by atoms with Crippen LogP contribution in [0.15, 0.2) is 21.5 Å². The zero-order chi connectivity index (χ0) is 17.2. The molecule has 1 aliphatic heterocycles. The van der Waals surface area contributed by atoms with Gasteiger partial charge in [-0.3, -0.25) is 14.1 Å². The van der Waals surface area contributed by atoms with E-state index in [0.717, 1.165) is 17.5 Å². The van der Waals surface area contributed by atoms with Gasteiger partial charge in [0.15, 0.2) is 0 Å². The third-order valence-electron chi connectivity index (χ3n) is 4.58. The number of halogens is 2. The van der Waals surface area contributed by atoms with Crippen molar-refractivity contribution in [3.63, 3.8) is 0 Å². The molecule has 0 spiro atoms. The van der Waals surface area contributed by atoms with Crippen LogP contribution >= 0.6 is 15.9 Å². The lowest BCUT2D eigenvalue weighted by molar-refractivity contribution is 0.232. The number of imidazole rings is 1. The summed E-state index contributed by atoms with van der Waals surface area (Å²) in [6, 6.07) is 1.27. The second-order valence-corrected chi connectivity index (χ2v) is 7.49. The Morgan fingerprint density at radius 1 is 1.50 bits per heavy atom. The van der Waals surface area contributed by atoms with Gasteiger partial charge in [-0.05, 0) is 28.3 Å². The van der Waals surface area contributed by atoms with E-state index >= 15 is 0 Å². The van der Waals surface area contributed by atoms with Crippen LogP contribution in [-0.4, -0.2) is 20.7 Å². The van der Waals surface area contributed by atoms with E-state index in [0.29, 0.717) is 29.2 Å². The average molecular weight is 394 g/mol. The van der Waals surface area contributed by atoms with Gasteiger partial charge in [-0.2, -0.15) is 0 Å². The lowest BCUT2D eigenvalue weighted by Gasteiger charge is -2.19. The molecule has 0 N–H and O–H groups in total. The van der Waals surface area contributed by atoms with Gasteiger partial charge in [-0.15, -0.1) is 0 Å². The Morgan fingerprint density at radius 3 is 2.96 bits per heavy atom. The highest BCUT2D eigenvalue weighted by Gasteiger charge is 2.29. The first kappa shape index (κ1) is 15.6. The highest BCUT2D eigenvalue weighted by molar-refractivity contribution is 9.10. The minimum atomic E-state index is -0.420. The molecule has 0 aliphatic carbocycles. The molecule has 1 unspecified atom stereocenters. The number of benzene rings is 1. The Morgan fingerprint density at radius 2 is 2.25 bits per heavy atom. The van der Waals surface area contributed by atoms with Crippen molar-refractivity contribution < 1.29 is 9.13 Å². The van der Waals surface area contributed by atoms with Gasteiger partial charge in [0, 0.05) is 13.1 Å². The average Bonchev–Trinajstić information content (AvgIpc) is 2.67. The number of ether oxygens (including phenoxy) is 1. The SMILES string of the molecule is CC(C)CC1COc2c(Br)c(F)cc3ncc4c(c23)n1c(=O)n4C. The Hall–Kier alpha value is -1.89. The molecule has 1 atom stereocenters. The van der Waals surface area contributed by atoms with Crippen LogP contribution in [0.3, 0.4) is 0 Å². The van der Waals surface area contributed by atoms with E-state index in [4.69, 9.17) is 4.74 Å². The summed E-state index contributed by atoms with van der Waals surface area (Å²) in [7, 11) is 1.74. The van der Waals surface area contributed by atoms with Gasteiger partial charge < -0.3 is 4.74 Å². The first-order valence-electron chi connectivity index (χ1n) is 7.90. The van der Waals surface area contributed by atoms with E-state index in [2.05, 4.69) is 34.8 Å². The number of pyridine rings is 1. The lowest BCUT2D eigenvalue weighted by Crippen LogP contribution is -2.29. The summed E-state index contributed by atoms with van der Waals surface area (Å²) < 4.78 is 23.8. The Balaban J connectivity index is 2.19. The van der Waals surface area contributed by atoms with Crippen molar-refractivity contribution in [3.05, 3.63) is 33.0 Å². The first-order valence-corrected chi connectivity index (χ1v) is 8.70. The van der Waals surface area contributed by atoms with E-state index in [9.17, 15) is 9.18 Å². The van der Waals surface area contributed by atoms with Gasteiger partial charge in [-0.1, -0.05) is 13.8 Å². The van der Waals surface area contributed by atoms with Crippen molar-refractivity contribution in [2.75, 3.05) is 6.61 Å². The fraction of sp³-hybridized carbons (Fsp3) is 0.412. The molecule has 3 aromatic rings. The standard InChI is InChI=1S/C17H17BrFN3O2/c1-8(2)4-9-7-24-16-13-11(5-10(19)14(16)18)20-6-12-15(13)22(9)17(23)21(12)3/h5-6,8-9H,4,7H2,1-3H3. The smallest absolute Gasteiger partial charge is 0.329 e. The molecule has 5 nitrogen and oxygen atoms in total. The Labute approximate surface area is 146 Å². The molecule has 24 heavy (non-hydrogen) atoms. The molecule has 0 fully saturated rings. The zero-order valence-corrected chi connectivity index (χ0v) is 15.2. The minimum Gasteiger partial charge on any atom is -0.489 e. The summed E-state index contributed by atoms with van der Waals surface area (Å²) in [6.45, 7) is 4.55. The van der Waals surface area contributed by atoms with Gasteiger partial charge in [-0.25, -0.2) is 9.18 Å². The number of nitrogens with zero attached hydrogens (tertiary/aromatic N) is 3. The summed E-state index contributed by atoms with van der Waals surface area (Å²) in [5.41, 5.74) is 1.89. The molecule has 0 saturated heterocycles. The van der Waals surface area contributed by atoms with Crippen LogP contribution in [0.25, 0.3) is 21.9 Å². The van der Waals surface area contributed by atoms with Gasteiger partial charge >= 0.3 is 5.69 Å². The van der Waals surface area contributed by atoms with E-state index in [1.807, 2.05) is 0 Å². The maximum atomic E-state index is 14.2. The molecule has 0 amide bonds. The van der Waals surface area contributed by atoms with Crippen LogP contribution in [0.1, 0.15) is 26.3 Å². The molecule has 0 radical (unpaired) electrons. The summed E-state index contributed by atoms with van der Waals surface area (Å²) in [5.74, 6) is 0.407. The first-order chi connectivity index (χ1) is 11.4. The topological polar surface area (TPSA) is 49.1 Å². The van der Waals surface area contributed by atoms with Crippen LogP contribution in [-0.2, 0) is 7.05 Å². The van der Waals surface area contributed by atoms with E-state index in [1.165, 1.54) is 6.07 Å². The van der Waals surface area contributed by atoms with Crippen molar-refractivity contribution in [2.24, 2.45) is 13.0 Å². The molecular formula is C17H17BrFN3O2. The highest BCUT2D eigenvalue weighted by Crippen LogP contribution is 2.42. The summed E-state index contributed by atoms with van der Waals surface area (Å²) in [4.78, 5) is 17.2. The summed E-state index contributed by atoms with van der Waals surface area (Å²) in [6.07, 6.45) is 2.43. The molecule has 3 heterocycles. The largest absolute Gasteiger partial charge is 0.489 e. The predicted octanol–water partition coefficient (Wildman–Crippen LogP) is 3.77. The summed E-state index contributed by atoms with van der Waals surface area (Å²) in [5, 5.41) is 0.685. The minimum absolute atomic E-state index is 0.0955.